The molecule has 2 N–H and O–H groups in total. The van der Waals surface area contributed by atoms with Gasteiger partial charge in [-0.2, -0.15) is 0 Å². The maximum atomic E-state index is 10.7. The maximum absolute atomic E-state index is 10.7. The van der Waals surface area contributed by atoms with Gasteiger partial charge in [0.2, 0.25) is 0 Å². The van der Waals surface area contributed by atoms with E-state index in [1.54, 1.807) is 0 Å². The zero-order valence-electron chi connectivity index (χ0n) is 19.1. The van der Waals surface area contributed by atoms with Crippen LogP contribution in [0.5, 0.6) is 5.75 Å². The summed E-state index contributed by atoms with van der Waals surface area (Å²) in [4.78, 5) is 15.7. The number of hydrogen-bond acceptors (Lipinski definition) is 4. The predicted octanol–water partition coefficient (Wildman–Crippen LogP) is 4.62. The number of piperazine rings is 1. The Balaban J connectivity index is 1.28. The Morgan fingerprint density at radius 2 is 1.56 bits per heavy atom. The van der Waals surface area contributed by atoms with E-state index in [2.05, 4.69) is 57.6 Å². The van der Waals surface area contributed by atoms with Gasteiger partial charge < -0.3 is 10.1 Å². The number of ether oxygens (including phenoxy) is 1. The molecule has 177 valence electrons. The summed E-state index contributed by atoms with van der Waals surface area (Å²) in [5.41, 5.74) is 10.4. The van der Waals surface area contributed by atoms with E-state index >= 15 is 0 Å². The van der Waals surface area contributed by atoms with Crippen molar-refractivity contribution in [1.82, 2.24) is 20.9 Å². The SMILES string of the molecule is [NH]C(=O)NCc1ccc(OCCN2CCN([C@H](c3ccccc3)c3ccc(Cl)cc3)CC2)cc1. The van der Waals surface area contributed by atoms with Gasteiger partial charge in [-0.1, -0.05) is 66.2 Å². The van der Waals surface area contributed by atoms with E-state index in [-0.39, 0.29) is 6.04 Å². The average molecular weight is 478 g/mol. The van der Waals surface area contributed by atoms with Gasteiger partial charge in [0, 0.05) is 44.3 Å². The summed E-state index contributed by atoms with van der Waals surface area (Å²) in [5.74, 6) is 0.812. The van der Waals surface area contributed by atoms with E-state index in [1.807, 2.05) is 36.4 Å². The Morgan fingerprint density at radius 3 is 2.21 bits per heavy atom. The molecule has 1 atom stereocenters. The number of rotatable bonds is 9. The van der Waals surface area contributed by atoms with Crippen LogP contribution >= 0.6 is 11.6 Å². The molecule has 7 heteroatoms. The summed E-state index contributed by atoms with van der Waals surface area (Å²) in [6.45, 7) is 5.81. The van der Waals surface area contributed by atoms with Crippen molar-refractivity contribution in [1.29, 1.82) is 0 Å². The Bertz CT molecular complexity index is 1040. The largest absolute Gasteiger partial charge is 0.492 e. The lowest BCUT2D eigenvalue weighted by Gasteiger charge is -2.39. The molecule has 1 saturated heterocycles. The van der Waals surface area contributed by atoms with Gasteiger partial charge in [0.15, 0.2) is 0 Å². The molecule has 1 aliphatic heterocycles. The molecular weight excluding hydrogens is 448 g/mol. The topological polar surface area (TPSA) is 68.6 Å². The quantitative estimate of drug-likeness (QED) is 0.488. The third-order valence-corrected chi connectivity index (χ3v) is 6.38. The van der Waals surface area contributed by atoms with Crippen molar-refractivity contribution in [2.75, 3.05) is 39.3 Å². The first-order valence-corrected chi connectivity index (χ1v) is 11.9. The lowest BCUT2D eigenvalue weighted by molar-refractivity contribution is 0.0977. The number of carbonyl (C=O) groups is 1. The fourth-order valence-corrected chi connectivity index (χ4v) is 4.44. The van der Waals surface area contributed by atoms with Gasteiger partial charge >= 0.3 is 6.03 Å². The third kappa shape index (κ3) is 6.73. The van der Waals surface area contributed by atoms with Crippen LogP contribution in [0.1, 0.15) is 22.7 Å². The molecule has 0 aliphatic carbocycles. The molecule has 1 aliphatic rings. The van der Waals surface area contributed by atoms with Crippen LogP contribution < -0.4 is 15.8 Å². The summed E-state index contributed by atoms with van der Waals surface area (Å²) in [6.07, 6.45) is 0. The molecule has 0 spiro atoms. The molecule has 1 radical (unpaired) electrons. The normalized spacial score (nSPS) is 15.6. The first-order valence-electron chi connectivity index (χ1n) is 11.6. The average Bonchev–Trinajstić information content (AvgIpc) is 2.86. The Hall–Kier alpha value is -3.06. The molecule has 34 heavy (non-hydrogen) atoms. The number of urea groups is 1. The third-order valence-electron chi connectivity index (χ3n) is 6.13. The minimum Gasteiger partial charge on any atom is -0.492 e. The second-order valence-electron chi connectivity index (χ2n) is 8.42. The van der Waals surface area contributed by atoms with E-state index in [4.69, 9.17) is 22.1 Å². The molecule has 4 rings (SSSR count). The van der Waals surface area contributed by atoms with Crippen LogP contribution in [0, 0.1) is 0 Å². The summed E-state index contributed by atoms with van der Waals surface area (Å²) in [7, 11) is 0. The minimum absolute atomic E-state index is 0.218. The Kier molecular flexibility index (Phi) is 8.41. The molecule has 6 nitrogen and oxygen atoms in total. The molecular formula is C27H30ClN4O2. The monoisotopic (exact) mass is 477 g/mol. The second-order valence-corrected chi connectivity index (χ2v) is 8.85. The lowest BCUT2D eigenvalue weighted by atomic mass is 9.96. The molecule has 3 aromatic carbocycles. The molecule has 0 saturated carbocycles. The Labute approximate surface area is 206 Å². The summed E-state index contributed by atoms with van der Waals surface area (Å²) in [6, 6.07) is 25.9. The smallest absolute Gasteiger partial charge is 0.333 e. The van der Waals surface area contributed by atoms with Crippen LogP contribution in [0.15, 0.2) is 78.9 Å². The predicted molar refractivity (Wildman–Crippen MR) is 135 cm³/mol. The van der Waals surface area contributed by atoms with Crippen LogP contribution in [0.4, 0.5) is 4.79 Å². The van der Waals surface area contributed by atoms with Crippen molar-refractivity contribution >= 4 is 17.6 Å². The molecule has 1 heterocycles. The van der Waals surface area contributed by atoms with Crippen molar-refractivity contribution in [3.63, 3.8) is 0 Å². The highest BCUT2D eigenvalue weighted by Crippen LogP contribution is 2.30. The zero-order valence-corrected chi connectivity index (χ0v) is 19.9. The lowest BCUT2D eigenvalue weighted by Crippen LogP contribution is -2.48. The zero-order chi connectivity index (χ0) is 23.8. The van der Waals surface area contributed by atoms with E-state index in [0.29, 0.717) is 13.2 Å². The van der Waals surface area contributed by atoms with Crippen LogP contribution in [0.3, 0.4) is 0 Å². The van der Waals surface area contributed by atoms with Crippen molar-refractivity contribution in [2.24, 2.45) is 0 Å². The molecule has 0 aromatic heterocycles. The molecule has 0 bridgehead atoms. The van der Waals surface area contributed by atoms with Gasteiger partial charge in [-0.05, 0) is 41.0 Å². The number of nitrogens with zero attached hydrogens (tertiary/aromatic N) is 2. The fourth-order valence-electron chi connectivity index (χ4n) is 4.32. The highest BCUT2D eigenvalue weighted by atomic mass is 35.5. The van der Waals surface area contributed by atoms with E-state index in [9.17, 15) is 4.79 Å². The van der Waals surface area contributed by atoms with Gasteiger partial charge in [0.1, 0.15) is 12.4 Å². The highest BCUT2D eigenvalue weighted by Gasteiger charge is 2.26. The van der Waals surface area contributed by atoms with Gasteiger partial charge in [-0.15, -0.1) is 0 Å². The summed E-state index contributed by atoms with van der Waals surface area (Å²) < 4.78 is 5.92. The van der Waals surface area contributed by atoms with Crippen LogP contribution in [0.25, 0.3) is 0 Å². The minimum atomic E-state index is -0.774. The summed E-state index contributed by atoms with van der Waals surface area (Å²) >= 11 is 6.14. The van der Waals surface area contributed by atoms with Gasteiger partial charge in [-0.25, -0.2) is 10.5 Å². The van der Waals surface area contributed by atoms with Gasteiger partial charge in [0.25, 0.3) is 0 Å². The van der Waals surface area contributed by atoms with Crippen LogP contribution in [-0.4, -0.2) is 55.2 Å². The van der Waals surface area contributed by atoms with E-state index in [1.165, 1.54) is 11.1 Å². The Morgan fingerprint density at radius 1 is 0.912 bits per heavy atom. The molecule has 3 aromatic rings. The first kappa shape index (κ1) is 24.1. The first-order chi connectivity index (χ1) is 16.6. The van der Waals surface area contributed by atoms with Gasteiger partial charge in [-0.3, -0.25) is 9.80 Å². The van der Waals surface area contributed by atoms with Crippen molar-refractivity contribution in [2.45, 2.75) is 12.6 Å². The van der Waals surface area contributed by atoms with E-state index in [0.717, 1.165) is 49.1 Å². The molecule has 0 unspecified atom stereocenters. The second kappa shape index (κ2) is 11.9. The highest BCUT2D eigenvalue weighted by molar-refractivity contribution is 6.30. The van der Waals surface area contributed by atoms with Crippen LogP contribution in [0.2, 0.25) is 5.02 Å². The number of carbonyl (C=O) groups excluding carboxylic acids is 1. The number of nitrogens with one attached hydrogen (secondary N) is 2. The van der Waals surface area contributed by atoms with Crippen molar-refractivity contribution < 1.29 is 9.53 Å². The number of hydrogen-bond donors (Lipinski definition) is 1. The van der Waals surface area contributed by atoms with Crippen LogP contribution in [-0.2, 0) is 6.54 Å². The molecule has 1 fully saturated rings. The van der Waals surface area contributed by atoms with Gasteiger partial charge in [0.05, 0.1) is 6.04 Å². The number of benzene rings is 3. The van der Waals surface area contributed by atoms with E-state index < -0.39 is 6.03 Å². The number of amides is 2. The molecule has 2 amide bonds. The standard InChI is InChI=1S/C27H30ClN4O2/c28-24-10-8-23(9-11-24)26(22-4-2-1-3-5-22)32-16-14-31(15-17-32)18-19-34-25-12-6-21(7-13-25)20-30-27(29)33/h1-13,26,29H,14-20H2,(H,30,33)/t26-/m1/s1. The van der Waals surface area contributed by atoms with Crippen molar-refractivity contribution in [3.05, 3.63) is 101 Å². The number of halogens is 1. The maximum Gasteiger partial charge on any atom is 0.333 e. The van der Waals surface area contributed by atoms with Crippen molar-refractivity contribution in [3.8, 4) is 5.75 Å². The summed E-state index contributed by atoms with van der Waals surface area (Å²) in [5, 5.41) is 3.23. The fraction of sp³-hybridized carbons (Fsp3) is 0.296.